The molecule has 2 heterocycles. The first-order valence-electron chi connectivity index (χ1n) is 5.65. The van der Waals surface area contributed by atoms with E-state index >= 15 is 0 Å². The topological polar surface area (TPSA) is 54.9 Å². The van der Waals surface area contributed by atoms with Crippen LogP contribution >= 0.6 is 11.3 Å². The van der Waals surface area contributed by atoms with Crippen LogP contribution in [0.2, 0.25) is 0 Å². The third-order valence-electron chi connectivity index (χ3n) is 2.11. The van der Waals surface area contributed by atoms with Gasteiger partial charge in [-0.2, -0.15) is 0 Å². The smallest absolute Gasteiger partial charge is 0.271 e. The van der Waals surface area contributed by atoms with Crippen LogP contribution in [0.1, 0.15) is 31.3 Å². The minimum Gasteiger partial charge on any atom is -0.346 e. The molecule has 0 aliphatic carbocycles. The second kappa shape index (κ2) is 4.86. The summed E-state index contributed by atoms with van der Waals surface area (Å²) in [6.07, 6.45) is 1.71. The summed E-state index contributed by atoms with van der Waals surface area (Å²) in [7, 11) is 0. The zero-order chi connectivity index (χ0) is 13.2. The Hall–Kier alpha value is -1.75. The van der Waals surface area contributed by atoms with Crippen LogP contribution in [0, 0.1) is 0 Å². The number of thiazole rings is 1. The van der Waals surface area contributed by atoms with Crippen molar-refractivity contribution in [2.75, 3.05) is 0 Å². The number of nitrogens with zero attached hydrogens (tertiary/aromatic N) is 2. The maximum absolute atomic E-state index is 11.9. The summed E-state index contributed by atoms with van der Waals surface area (Å²) < 4.78 is 0. The fourth-order valence-corrected chi connectivity index (χ4v) is 2.17. The Balaban J connectivity index is 2.19. The first kappa shape index (κ1) is 12.7. The number of carbonyl (C=O) groups excluding carboxylic acids is 1. The van der Waals surface area contributed by atoms with E-state index in [0.717, 1.165) is 10.7 Å². The molecule has 2 aromatic rings. The fraction of sp³-hybridized carbons (Fsp3) is 0.308. The highest BCUT2D eigenvalue weighted by Crippen LogP contribution is 2.21. The lowest BCUT2D eigenvalue weighted by Gasteiger charge is -2.19. The molecule has 2 aromatic heterocycles. The highest BCUT2D eigenvalue weighted by molar-refractivity contribution is 7.13. The molecule has 1 N–H and O–H groups in total. The Morgan fingerprint density at radius 2 is 2.11 bits per heavy atom. The molecule has 0 saturated carbocycles. The summed E-state index contributed by atoms with van der Waals surface area (Å²) >= 11 is 1.42. The summed E-state index contributed by atoms with van der Waals surface area (Å²) in [5.74, 6) is -0.152. The molecule has 0 bridgehead atoms. The van der Waals surface area contributed by atoms with Crippen molar-refractivity contribution in [3.05, 3.63) is 35.5 Å². The van der Waals surface area contributed by atoms with Crippen LogP contribution in [0.25, 0.3) is 10.7 Å². The van der Waals surface area contributed by atoms with Crippen molar-refractivity contribution in [1.29, 1.82) is 0 Å². The van der Waals surface area contributed by atoms with E-state index in [1.807, 2.05) is 39.0 Å². The molecule has 0 unspecified atom stereocenters. The van der Waals surface area contributed by atoms with Gasteiger partial charge in [0.05, 0.1) is 5.69 Å². The monoisotopic (exact) mass is 261 g/mol. The number of pyridine rings is 1. The number of hydrogen-bond donors (Lipinski definition) is 1. The third-order valence-corrected chi connectivity index (χ3v) is 2.97. The number of aromatic nitrogens is 2. The van der Waals surface area contributed by atoms with Gasteiger partial charge in [0, 0.05) is 17.1 Å². The summed E-state index contributed by atoms with van der Waals surface area (Å²) in [4.78, 5) is 20.4. The van der Waals surface area contributed by atoms with Gasteiger partial charge in [0.1, 0.15) is 10.7 Å². The standard InChI is InChI=1S/C13H15N3OS/c1-13(2,3)16-11(17)10-8-18-12(15-10)9-6-4-5-7-14-9/h4-8H,1-3H3,(H,16,17). The van der Waals surface area contributed by atoms with Crippen molar-refractivity contribution in [2.45, 2.75) is 26.3 Å². The lowest BCUT2D eigenvalue weighted by Crippen LogP contribution is -2.40. The van der Waals surface area contributed by atoms with E-state index in [9.17, 15) is 4.79 Å². The highest BCUT2D eigenvalue weighted by Gasteiger charge is 2.18. The van der Waals surface area contributed by atoms with E-state index in [4.69, 9.17) is 0 Å². The van der Waals surface area contributed by atoms with E-state index in [0.29, 0.717) is 5.69 Å². The van der Waals surface area contributed by atoms with Crippen LogP contribution in [-0.2, 0) is 0 Å². The number of rotatable bonds is 2. The average Bonchev–Trinajstić information content (AvgIpc) is 2.77. The molecule has 0 atom stereocenters. The second-order valence-electron chi connectivity index (χ2n) is 4.96. The van der Waals surface area contributed by atoms with Gasteiger partial charge in [-0.25, -0.2) is 4.98 Å². The van der Waals surface area contributed by atoms with Gasteiger partial charge in [0.25, 0.3) is 5.91 Å². The first-order valence-corrected chi connectivity index (χ1v) is 6.53. The molecular formula is C13H15N3OS. The zero-order valence-corrected chi connectivity index (χ0v) is 11.4. The van der Waals surface area contributed by atoms with Gasteiger partial charge in [-0.1, -0.05) is 6.07 Å². The molecule has 18 heavy (non-hydrogen) atoms. The van der Waals surface area contributed by atoms with Crippen molar-refractivity contribution >= 4 is 17.2 Å². The molecule has 2 rings (SSSR count). The number of amides is 1. The Morgan fingerprint density at radius 1 is 1.33 bits per heavy atom. The normalized spacial score (nSPS) is 11.3. The Kier molecular flexibility index (Phi) is 3.43. The maximum atomic E-state index is 11.9. The largest absolute Gasteiger partial charge is 0.346 e. The molecule has 4 nitrogen and oxygen atoms in total. The van der Waals surface area contributed by atoms with Crippen molar-refractivity contribution in [3.63, 3.8) is 0 Å². The number of carbonyl (C=O) groups is 1. The van der Waals surface area contributed by atoms with Gasteiger partial charge in [0.15, 0.2) is 0 Å². The summed E-state index contributed by atoms with van der Waals surface area (Å²) in [6.45, 7) is 5.82. The number of hydrogen-bond acceptors (Lipinski definition) is 4. The summed E-state index contributed by atoms with van der Waals surface area (Å²) in [6, 6.07) is 5.63. The Bertz CT molecular complexity index is 543. The predicted octanol–water partition coefficient (Wildman–Crippen LogP) is 2.73. The fourth-order valence-electron chi connectivity index (χ4n) is 1.39. The van der Waals surface area contributed by atoms with Crippen LogP contribution in [0.3, 0.4) is 0 Å². The SMILES string of the molecule is CC(C)(C)NC(=O)c1csc(-c2ccccn2)n1. The van der Waals surface area contributed by atoms with Gasteiger partial charge in [0.2, 0.25) is 0 Å². The molecule has 0 radical (unpaired) electrons. The minimum atomic E-state index is -0.258. The Labute approximate surface area is 110 Å². The molecule has 0 fully saturated rings. The summed E-state index contributed by atoms with van der Waals surface area (Å²) in [5.41, 5.74) is 0.971. The average molecular weight is 261 g/mol. The van der Waals surface area contributed by atoms with E-state index in [1.54, 1.807) is 11.6 Å². The van der Waals surface area contributed by atoms with E-state index in [-0.39, 0.29) is 11.4 Å². The maximum Gasteiger partial charge on any atom is 0.271 e. The van der Waals surface area contributed by atoms with Crippen LogP contribution in [0.15, 0.2) is 29.8 Å². The molecule has 1 amide bonds. The van der Waals surface area contributed by atoms with Crippen molar-refractivity contribution < 1.29 is 4.79 Å². The third kappa shape index (κ3) is 3.13. The van der Waals surface area contributed by atoms with Crippen molar-refractivity contribution in [2.24, 2.45) is 0 Å². The zero-order valence-electron chi connectivity index (χ0n) is 10.6. The van der Waals surface area contributed by atoms with Crippen molar-refractivity contribution in [3.8, 4) is 10.7 Å². The molecule has 94 valence electrons. The van der Waals surface area contributed by atoms with E-state index < -0.39 is 0 Å². The summed E-state index contributed by atoms with van der Waals surface area (Å²) in [5, 5.41) is 5.40. The molecule has 5 heteroatoms. The molecular weight excluding hydrogens is 246 g/mol. The molecule has 0 aromatic carbocycles. The van der Waals surface area contributed by atoms with Gasteiger partial charge < -0.3 is 5.32 Å². The van der Waals surface area contributed by atoms with Crippen LogP contribution in [0.4, 0.5) is 0 Å². The van der Waals surface area contributed by atoms with Crippen LogP contribution in [-0.4, -0.2) is 21.4 Å². The minimum absolute atomic E-state index is 0.152. The van der Waals surface area contributed by atoms with Crippen LogP contribution in [0.5, 0.6) is 0 Å². The lowest BCUT2D eigenvalue weighted by atomic mass is 10.1. The van der Waals surface area contributed by atoms with Crippen molar-refractivity contribution in [1.82, 2.24) is 15.3 Å². The van der Waals surface area contributed by atoms with Gasteiger partial charge in [-0.15, -0.1) is 11.3 Å². The first-order chi connectivity index (χ1) is 8.46. The van der Waals surface area contributed by atoms with Gasteiger partial charge in [-0.05, 0) is 32.9 Å². The quantitative estimate of drug-likeness (QED) is 0.904. The van der Waals surface area contributed by atoms with Crippen LogP contribution < -0.4 is 5.32 Å². The van der Waals surface area contributed by atoms with Gasteiger partial charge in [-0.3, -0.25) is 9.78 Å². The number of nitrogens with one attached hydrogen (secondary N) is 1. The van der Waals surface area contributed by atoms with E-state index in [2.05, 4.69) is 15.3 Å². The predicted molar refractivity (Wildman–Crippen MR) is 72.6 cm³/mol. The molecule has 0 spiro atoms. The second-order valence-corrected chi connectivity index (χ2v) is 5.82. The van der Waals surface area contributed by atoms with E-state index in [1.165, 1.54) is 11.3 Å². The molecule has 0 saturated heterocycles. The lowest BCUT2D eigenvalue weighted by molar-refractivity contribution is 0.0915. The molecule has 0 aliphatic heterocycles. The Morgan fingerprint density at radius 3 is 2.72 bits per heavy atom. The van der Waals surface area contributed by atoms with Gasteiger partial charge >= 0.3 is 0 Å². The highest BCUT2D eigenvalue weighted by atomic mass is 32.1. The molecule has 0 aliphatic rings.